The Kier molecular flexibility index (Phi) is 8.22. The van der Waals surface area contributed by atoms with E-state index >= 15 is 0 Å². The Labute approximate surface area is 207 Å². The van der Waals surface area contributed by atoms with E-state index in [1.165, 1.54) is 19.3 Å². The monoisotopic (exact) mass is 474 g/mol. The molecule has 1 fully saturated rings. The SMILES string of the molecule is CCc1cc(N2CCCCC2C)nc(SCc2cccc(C(=O)N(C)Cc3ccccc3)c2)n1. The van der Waals surface area contributed by atoms with Gasteiger partial charge in [0.25, 0.3) is 5.91 Å². The Hall–Kier alpha value is -2.86. The first-order valence-electron chi connectivity index (χ1n) is 12.2. The molecular weight excluding hydrogens is 440 g/mol. The van der Waals surface area contributed by atoms with Crippen LogP contribution in [0.4, 0.5) is 5.82 Å². The van der Waals surface area contributed by atoms with Crippen LogP contribution in [0.25, 0.3) is 0 Å². The second-order valence-electron chi connectivity index (χ2n) is 9.03. The molecule has 0 aliphatic carbocycles. The fourth-order valence-corrected chi connectivity index (χ4v) is 5.20. The normalized spacial score (nSPS) is 15.9. The molecule has 3 aromatic rings. The molecule has 5 nitrogen and oxygen atoms in total. The van der Waals surface area contributed by atoms with E-state index < -0.39 is 0 Å². The van der Waals surface area contributed by atoms with Crippen molar-refractivity contribution < 1.29 is 4.79 Å². The van der Waals surface area contributed by atoms with Gasteiger partial charge in [-0.1, -0.05) is 61.2 Å². The van der Waals surface area contributed by atoms with Gasteiger partial charge in [-0.25, -0.2) is 9.97 Å². The number of nitrogens with zero attached hydrogens (tertiary/aromatic N) is 4. The lowest BCUT2D eigenvalue weighted by Crippen LogP contribution is -2.38. The number of benzene rings is 2. The molecule has 1 atom stereocenters. The van der Waals surface area contributed by atoms with Gasteiger partial charge in [-0.2, -0.15) is 0 Å². The molecule has 1 amide bonds. The zero-order valence-corrected chi connectivity index (χ0v) is 21.2. The quantitative estimate of drug-likeness (QED) is 0.297. The van der Waals surface area contributed by atoms with Crippen LogP contribution in [0.2, 0.25) is 0 Å². The molecule has 1 unspecified atom stereocenters. The summed E-state index contributed by atoms with van der Waals surface area (Å²) in [6.07, 6.45) is 4.62. The van der Waals surface area contributed by atoms with Crippen LogP contribution in [-0.4, -0.2) is 40.4 Å². The van der Waals surface area contributed by atoms with Crippen LogP contribution in [0.15, 0.2) is 65.8 Å². The molecule has 4 rings (SSSR count). The predicted molar refractivity (Wildman–Crippen MR) is 140 cm³/mol. The molecule has 2 heterocycles. The van der Waals surface area contributed by atoms with Gasteiger partial charge in [0.1, 0.15) is 5.82 Å². The van der Waals surface area contributed by atoms with Gasteiger partial charge in [0.15, 0.2) is 5.16 Å². The first-order valence-corrected chi connectivity index (χ1v) is 13.2. The number of rotatable bonds is 8. The van der Waals surface area contributed by atoms with E-state index in [2.05, 4.69) is 30.9 Å². The Bertz CT molecular complexity index is 1100. The molecule has 0 N–H and O–H groups in total. The molecular formula is C28H34N4OS. The third kappa shape index (κ3) is 6.17. The number of amides is 1. The Morgan fingerprint density at radius 1 is 1.06 bits per heavy atom. The van der Waals surface area contributed by atoms with Gasteiger partial charge in [0, 0.05) is 49.3 Å². The molecule has 1 aliphatic rings. The van der Waals surface area contributed by atoms with Crippen molar-refractivity contribution in [2.45, 2.75) is 63.0 Å². The van der Waals surface area contributed by atoms with Crippen LogP contribution in [0.5, 0.6) is 0 Å². The largest absolute Gasteiger partial charge is 0.354 e. The van der Waals surface area contributed by atoms with Crippen LogP contribution in [0, 0.1) is 0 Å². The van der Waals surface area contributed by atoms with Crippen molar-refractivity contribution in [1.82, 2.24) is 14.9 Å². The number of anilines is 1. The molecule has 1 saturated heterocycles. The molecule has 1 aromatic heterocycles. The first-order chi connectivity index (χ1) is 16.5. The van der Waals surface area contributed by atoms with Crippen molar-refractivity contribution in [3.8, 4) is 0 Å². The highest BCUT2D eigenvalue weighted by Crippen LogP contribution is 2.27. The maximum absolute atomic E-state index is 13.0. The zero-order chi connectivity index (χ0) is 23.9. The van der Waals surface area contributed by atoms with Crippen molar-refractivity contribution >= 4 is 23.5 Å². The van der Waals surface area contributed by atoms with Crippen molar-refractivity contribution in [2.24, 2.45) is 0 Å². The number of hydrogen-bond donors (Lipinski definition) is 0. The summed E-state index contributed by atoms with van der Waals surface area (Å²) >= 11 is 1.64. The van der Waals surface area contributed by atoms with E-state index in [0.29, 0.717) is 18.2 Å². The number of carbonyl (C=O) groups is 1. The fourth-order valence-electron chi connectivity index (χ4n) is 4.38. The van der Waals surface area contributed by atoms with Gasteiger partial charge in [-0.3, -0.25) is 4.79 Å². The number of aromatic nitrogens is 2. The van der Waals surface area contributed by atoms with Crippen LogP contribution < -0.4 is 4.90 Å². The minimum atomic E-state index is 0.0290. The van der Waals surface area contributed by atoms with Crippen molar-refractivity contribution in [3.05, 3.63) is 83.0 Å². The number of thioether (sulfide) groups is 1. The van der Waals surface area contributed by atoms with Crippen LogP contribution >= 0.6 is 11.8 Å². The topological polar surface area (TPSA) is 49.3 Å². The van der Waals surface area contributed by atoms with E-state index in [1.54, 1.807) is 16.7 Å². The summed E-state index contributed by atoms with van der Waals surface area (Å²) in [5.74, 6) is 1.81. The molecule has 1 aliphatic heterocycles. The minimum absolute atomic E-state index is 0.0290. The Balaban J connectivity index is 1.44. The molecule has 0 saturated carbocycles. The Morgan fingerprint density at radius 3 is 2.62 bits per heavy atom. The number of aryl methyl sites for hydroxylation is 1. The summed E-state index contributed by atoms with van der Waals surface area (Å²) in [5, 5.41) is 0.810. The summed E-state index contributed by atoms with van der Waals surface area (Å²) in [4.78, 5) is 26.9. The van der Waals surface area contributed by atoms with Crippen molar-refractivity contribution in [1.29, 1.82) is 0 Å². The van der Waals surface area contributed by atoms with Gasteiger partial charge in [-0.05, 0) is 55.9 Å². The molecule has 34 heavy (non-hydrogen) atoms. The van der Waals surface area contributed by atoms with Gasteiger partial charge in [-0.15, -0.1) is 0 Å². The number of hydrogen-bond acceptors (Lipinski definition) is 5. The highest BCUT2D eigenvalue weighted by atomic mass is 32.2. The molecule has 2 aromatic carbocycles. The minimum Gasteiger partial charge on any atom is -0.354 e. The lowest BCUT2D eigenvalue weighted by Gasteiger charge is -2.34. The predicted octanol–water partition coefficient (Wildman–Crippen LogP) is 5.98. The first kappa shape index (κ1) is 24.3. The van der Waals surface area contributed by atoms with Gasteiger partial charge in [0.05, 0.1) is 0 Å². The van der Waals surface area contributed by atoms with Crippen molar-refractivity contribution in [3.63, 3.8) is 0 Å². The summed E-state index contributed by atoms with van der Waals surface area (Å²) in [5.41, 5.74) is 4.01. The van der Waals surface area contributed by atoms with Crippen molar-refractivity contribution in [2.75, 3.05) is 18.5 Å². The molecule has 0 bridgehead atoms. The molecule has 0 spiro atoms. The average Bonchev–Trinajstić information content (AvgIpc) is 2.88. The maximum Gasteiger partial charge on any atom is 0.253 e. The van der Waals surface area contributed by atoms with E-state index in [0.717, 1.165) is 46.5 Å². The Morgan fingerprint density at radius 2 is 1.85 bits per heavy atom. The molecule has 178 valence electrons. The molecule has 0 radical (unpaired) electrons. The number of carbonyl (C=O) groups excluding carboxylic acids is 1. The lowest BCUT2D eigenvalue weighted by atomic mass is 10.0. The standard InChI is InChI=1S/C28H34N4OS/c1-4-25-18-26(32-16-9-8-11-21(32)2)30-28(29-25)34-20-23-14-10-15-24(17-23)27(33)31(3)19-22-12-6-5-7-13-22/h5-7,10,12-15,17-18,21H,4,8-9,11,16,19-20H2,1-3H3. The van der Waals surface area contributed by atoms with Crippen LogP contribution in [0.3, 0.4) is 0 Å². The number of piperidine rings is 1. The average molecular weight is 475 g/mol. The third-order valence-electron chi connectivity index (χ3n) is 6.36. The summed E-state index contributed by atoms with van der Waals surface area (Å²) < 4.78 is 0. The third-order valence-corrected chi connectivity index (χ3v) is 7.27. The van der Waals surface area contributed by atoms with Gasteiger partial charge >= 0.3 is 0 Å². The summed E-state index contributed by atoms with van der Waals surface area (Å²) in [7, 11) is 1.85. The lowest BCUT2D eigenvalue weighted by molar-refractivity contribution is 0.0785. The van der Waals surface area contributed by atoms with E-state index in [4.69, 9.17) is 9.97 Å². The van der Waals surface area contributed by atoms with Gasteiger partial charge in [0.2, 0.25) is 0 Å². The van der Waals surface area contributed by atoms with E-state index in [1.807, 2.05) is 55.6 Å². The molecule has 6 heteroatoms. The smallest absolute Gasteiger partial charge is 0.253 e. The second-order valence-corrected chi connectivity index (χ2v) is 9.97. The second kappa shape index (κ2) is 11.5. The van der Waals surface area contributed by atoms with Crippen LogP contribution in [-0.2, 0) is 18.7 Å². The summed E-state index contributed by atoms with van der Waals surface area (Å²) in [6, 6.07) is 20.6. The maximum atomic E-state index is 13.0. The van der Waals surface area contributed by atoms with Gasteiger partial charge < -0.3 is 9.80 Å². The van der Waals surface area contributed by atoms with Crippen LogP contribution in [0.1, 0.15) is 60.3 Å². The van der Waals surface area contributed by atoms with E-state index in [9.17, 15) is 4.79 Å². The fraction of sp³-hybridized carbons (Fsp3) is 0.393. The highest BCUT2D eigenvalue weighted by Gasteiger charge is 2.21. The highest BCUT2D eigenvalue weighted by molar-refractivity contribution is 7.98. The van der Waals surface area contributed by atoms with E-state index in [-0.39, 0.29) is 5.91 Å². The zero-order valence-electron chi connectivity index (χ0n) is 20.4. The summed E-state index contributed by atoms with van der Waals surface area (Å²) in [6.45, 7) is 6.08.